The van der Waals surface area contributed by atoms with E-state index in [-0.39, 0.29) is 17.7 Å². The minimum Gasteiger partial charge on any atom is -0.472 e. The molecule has 2 fully saturated rings. The first-order valence-electron chi connectivity index (χ1n) is 8.30. The molecule has 0 bridgehead atoms. The number of amides is 2. The number of carbonyl (C=O) groups is 2. The van der Waals surface area contributed by atoms with Gasteiger partial charge in [0.15, 0.2) is 0 Å². The Bertz CT molecular complexity index is 545. The molecule has 0 aromatic carbocycles. The monoisotopic (exact) mass is 320 g/mol. The number of nitrogens with zero attached hydrogens (tertiary/aromatic N) is 2. The zero-order chi connectivity index (χ0) is 16.4. The number of rotatable bonds is 5. The lowest BCUT2D eigenvalue weighted by molar-refractivity contribution is -0.137. The maximum atomic E-state index is 12.5. The van der Waals surface area contributed by atoms with E-state index in [1.807, 2.05) is 0 Å². The average Bonchev–Trinajstić information content (AvgIpc) is 3.28. The van der Waals surface area contributed by atoms with Gasteiger partial charge < -0.3 is 19.3 Å². The third-order valence-corrected chi connectivity index (χ3v) is 4.90. The van der Waals surface area contributed by atoms with Gasteiger partial charge in [-0.3, -0.25) is 9.59 Å². The standard InChI is InChI=1S/C17H24N2O4/c1-18(10-15(20)12-2-3-12)16(21)13-4-7-19(8-5-13)17(22)14-6-9-23-11-14/h6,9,11-13,15,20H,2-5,7-8,10H2,1H3. The summed E-state index contributed by atoms with van der Waals surface area (Å²) in [6.45, 7) is 1.58. The molecule has 126 valence electrons. The Morgan fingerprint density at radius 1 is 1.35 bits per heavy atom. The smallest absolute Gasteiger partial charge is 0.257 e. The summed E-state index contributed by atoms with van der Waals surface area (Å²) in [6, 6.07) is 1.66. The van der Waals surface area contributed by atoms with E-state index in [0.717, 1.165) is 12.8 Å². The molecule has 23 heavy (non-hydrogen) atoms. The third-order valence-electron chi connectivity index (χ3n) is 4.90. The molecule has 1 aliphatic carbocycles. The second-order valence-electron chi connectivity index (χ2n) is 6.70. The third kappa shape index (κ3) is 3.75. The number of aliphatic hydroxyl groups is 1. The summed E-state index contributed by atoms with van der Waals surface area (Å²) in [6.07, 6.45) is 6.02. The molecule has 2 heterocycles. The Labute approximate surface area is 136 Å². The van der Waals surface area contributed by atoms with Gasteiger partial charge in [-0.05, 0) is 37.7 Å². The van der Waals surface area contributed by atoms with Crippen LogP contribution in [-0.2, 0) is 4.79 Å². The predicted molar refractivity (Wildman–Crippen MR) is 83.7 cm³/mol. The summed E-state index contributed by atoms with van der Waals surface area (Å²) in [5, 5.41) is 9.97. The van der Waals surface area contributed by atoms with E-state index in [4.69, 9.17) is 4.42 Å². The maximum absolute atomic E-state index is 12.5. The fraction of sp³-hybridized carbons (Fsp3) is 0.647. The molecular weight excluding hydrogens is 296 g/mol. The Morgan fingerprint density at radius 2 is 2.04 bits per heavy atom. The molecule has 1 saturated carbocycles. The molecule has 1 aromatic heterocycles. The van der Waals surface area contributed by atoms with E-state index < -0.39 is 6.10 Å². The van der Waals surface area contributed by atoms with Crippen molar-refractivity contribution in [2.75, 3.05) is 26.7 Å². The van der Waals surface area contributed by atoms with Crippen molar-refractivity contribution in [3.8, 4) is 0 Å². The molecule has 1 unspecified atom stereocenters. The first kappa shape index (κ1) is 16.1. The van der Waals surface area contributed by atoms with Crippen LogP contribution in [-0.4, -0.2) is 59.5 Å². The van der Waals surface area contributed by atoms with Crippen molar-refractivity contribution in [3.05, 3.63) is 24.2 Å². The first-order valence-corrected chi connectivity index (χ1v) is 8.30. The SMILES string of the molecule is CN(CC(O)C1CC1)C(=O)C1CCN(C(=O)c2ccoc2)CC1. The van der Waals surface area contributed by atoms with Crippen molar-refractivity contribution in [1.29, 1.82) is 0 Å². The van der Waals surface area contributed by atoms with Gasteiger partial charge in [-0.2, -0.15) is 0 Å². The van der Waals surface area contributed by atoms with Crippen molar-refractivity contribution in [2.45, 2.75) is 31.8 Å². The number of hydrogen-bond acceptors (Lipinski definition) is 4. The van der Waals surface area contributed by atoms with Crippen molar-refractivity contribution in [1.82, 2.24) is 9.80 Å². The number of likely N-dealkylation sites (N-methyl/N-ethyl adjacent to an activating group) is 1. The highest BCUT2D eigenvalue weighted by atomic mass is 16.3. The lowest BCUT2D eigenvalue weighted by Gasteiger charge is -2.33. The number of aliphatic hydroxyl groups excluding tert-OH is 1. The molecule has 2 aliphatic rings. The Kier molecular flexibility index (Phi) is 4.71. The van der Waals surface area contributed by atoms with Crippen molar-refractivity contribution in [2.24, 2.45) is 11.8 Å². The van der Waals surface area contributed by atoms with E-state index in [0.29, 0.717) is 44.0 Å². The van der Waals surface area contributed by atoms with E-state index in [9.17, 15) is 14.7 Å². The fourth-order valence-electron chi connectivity index (χ4n) is 3.21. The van der Waals surface area contributed by atoms with E-state index in [1.165, 1.54) is 12.5 Å². The summed E-state index contributed by atoms with van der Waals surface area (Å²) in [5.74, 6) is 0.363. The first-order chi connectivity index (χ1) is 11.1. The minimum absolute atomic E-state index is 0.0397. The number of carbonyl (C=O) groups excluding carboxylic acids is 2. The molecule has 6 heteroatoms. The van der Waals surface area contributed by atoms with Gasteiger partial charge >= 0.3 is 0 Å². The lowest BCUT2D eigenvalue weighted by Crippen LogP contribution is -2.45. The molecule has 1 aromatic rings. The summed E-state index contributed by atoms with van der Waals surface area (Å²) in [7, 11) is 1.76. The van der Waals surface area contributed by atoms with E-state index >= 15 is 0 Å². The van der Waals surface area contributed by atoms with Gasteiger partial charge in [0.1, 0.15) is 6.26 Å². The highest BCUT2D eigenvalue weighted by Crippen LogP contribution is 2.33. The van der Waals surface area contributed by atoms with Crippen molar-refractivity contribution >= 4 is 11.8 Å². The van der Waals surface area contributed by atoms with Gasteiger partial charge in [0, 0.05) is 32.6 Å². The summed E-state index contributed by atoms with van der Waals surface area (Å²) in [4.78, 5) is 28.1. The quantitative estimate of drug-likeness (QED) is 0.889. The zero-order valence-electron chi connectivity index (χ0n) is 13.5. The fourth-order valence-corrected chi connectivity index (χ4v) is 3.21. The molecule has 6 nitrogen and oxygen atoms in total. The Hall–Kier alpha value is -1.82. The predicted octanol–water partition coefficient (Wildman–Crippen LogP) is 1.36. The number of hydrogen-bond donors (Lipinski definition) is 1. The van der Waals surface area contributed by atoms with Gasteiger partial charge in [0.2, 0.25) is 5.91 Å². The second kappa shape index (κ2) is 6.74. The molecule has 1 atom stereocenters. The normalized spacial score (nSPS) is 20.3. The van der Waals surface area contributed by atoms with Crippen LogP contribution in [0.15, 0.2) is 23.0 Å². The van der Waals surface area contributed by atoms with Crippen LogP contribution in [0.3, 0.4) is 0 Å². The Balaban J connectivity index is 1.48. The molecule has 1 saturated heterocycles. The molecule has 2 amide bonds. The van der Waals surface area contributed by atoms with Gasteiger partial charge in [-0.1, -0.05) is 0 Å². The van der Waals surface area contributed by atoms with Crippen LogP contribution in [0.2, 0.25) is 0 Å². The number of likely N-dealkylation sites (tertiary alicyclic amines) is 1. The number of piperidine rings is 1. The summed E-state index contributed by atoms with van der Waals surface area (Å²) >= 11 is 0. The summed E-state index contributed by atoms with van der Waals surface area (Å²) in [5.41, 5.74) is 0.555. The van der Waals surface area contributed by atoms with Crippen LogP contribution >= 0.6 is 0 Å². The van der Waals surface area contributed by atoms with Crippen LogP contribution in [0.4, 0.5) is 0 Å². The van der Waals surface area contributed by atoms with Crippen LogP contribution in [0.25, 0.3) is 0 Å². The average molecular weight is 320 g/mol. The lowest BCUT2D eigenvalue weighted by atomic mass is 9.95. The second-order valence-corrected chi connectivity index (χ2v) is 6.70. The van der Waals surface area contributed by atoms with Crippen LogP contribution in [0.5, 0.6) is 0 Å². The largest absolute Gasteiger partial charge is 0.472 e. The highest BCUT2D eigenvalue weighted by Gasteiger charge is 2.34. The molecule has 1 aliphatic heterocycles. The summed E-state index contributed by atoms with van der Waals surface area (Å²) < 4.78 is 4.95. The molecule has 1 N–H and O–H groups in total. The van der Waals surface area contributed by atoms with Gasteiger partial charge in [0.05, 0.1) is 17.9 Å². The van der Waals surface area contributed by atoms with Gasteiger partial charge in [-0.25, -0.2) is 0 Å². The number of furan rings is 1. The van der Waals surface area contributed by atoms with Crippen molar-refractivity contribution in [3.63, 3.8) is 0 Å². The zero-order valence-corrected chi connectivity index (χ0v) is 13.5. The van der Waals surface area contributed by atoms with Crippen molar-refractivity contribution < 1.29 is 19.1 Å². The van der Waals surface area contributed by atoms with Crippen LogP contribution in [0, 0.1) is 11.8 Å². The highest BCUT2D eigenvalue weighted by molar-refractivity contribution is 5.94. The minimum atomic E-state index is -0.397. The van der Waals surface area contributed by atoms with E-state index in [1.54, 1.807) is 22.9 Å². The Morgan fingerprint density at radius 3 is 2.61 bits per heavy atom. The molecular formula is C17H24N2O4. The molecule has 0 spiro atoms. The topological polar surface area (TPSA) is 74.0 Å². The van der Waals surface area contributed by atoms with E-state index in [2.05, 4.69) is 0 Å². The van der Waals surface area contributed by atoms with Crippen LogP contribution in [0.1, 0.15) is 36.0 Å². The van der Waals surface area contributed by atoms with Gasteiger partial charge in [0.25, 0.3) is 5.91 Å². The molecule has 3 rings (SSSR count). The van der Waals surface area contributed by atoms with Gasteiger partial charge in [-0.15, -0.1) is 0 Å². The maximum Gasteiger partial charge on any atom is 0.257 e. The van der Waals surface area contributed by atoms with Crippen LogP contribution < -0.4 is 0 Å². The molecule has 0 radical (unpaired) electrons.